The van der Waals surface area contributed by atoms with E-state index in [1.165, 1.54) is 11.8 Å². The van der Waals surface area contributed by atoms with Crippen molar-refractivity contribution in [2.45, 2.75) is 30.9 Å². The van der Waals surface area contributed by atoms with Crippen LogP contribution in [0.15, 0.2) is 41.3 Å². The first-order valence-electron chi connectivity index (χ1n) is 8.68. The Morgan fingerprint density at radius 2 is 1.78 bits per heavy atom. The molecular formula is C20H22N2O4S. The number of ether oxygens (including phenoxy) is 2. The highest BCUT2D eigenvalue weighted by Gasteiger charge is 2.19. The van der Waals surface area contributed by atoms with Crippen molar-refractivity contribution < 1.29 is 19.1 Å². The van der Waals surface area contributed by atoms with Crippen molar-refractivity contribution in [1.29, 1.82) is 0 Å². The average molecular weight is 386 g/mol. The zero-order chi connectivity index (χ0) is 19.4. The highest BCUT2D eigenvalue weighted by atomic mass is 32.2. The van der Waals surface area contributed by atoms with Crippen LogP contribution in [-0.4, -0.2) is 30.4 Å². The van der Waals surface area contributed by atoms with Gasteiger partial charge in [-0.1, -0.05) is 17.7 Å². The van der Waals surface area contributed by atoms with Gasteiger partial charge in [0.1, 0.15) is 13.2 Å². The van der Waals surface area contributed by atoms with Crippen molar-refractivity contribution in [1.82, 2.24) is 5.32 Å². The Balaban J connectivity index is 1.56. The second kappa shape index (κ2) is 8.35. The van der Waals surface area contributed by atoms with E-state index in [9.17, 15) is 9.59 Å². The maximum Gasteiger partial charge on any atom is 0.325 e. The molecule has 7 heteroatoms. The molecule has 2 aromatic rings. The molecule has 3 amide bonds. The van der Waals surface area contributed by atoms with Crippen molar-refractivity contribution in [3.8, 4) is 11.5 Å². The molecule has 2 aromatic carbocycles. The molecule has 0 saturated heterocycles. The number of rotatable bonds is 4. The summed E-state index contributed by atoms with van der Waals surface area (Å²) in [7, 11) is 0. The molecule has 0 bridgehead atoms. The van der Waals surface area contributed by atoms with Gasteiger partial charge in [0.2, 0.25) is 5.91 Å². The second-order valence-corrected chi connectivity index (χ2v) is 7.74. The van der Waals surface area contributed by atoms with Gasteiger partial charge in [0.15, 0.2) is 11.5 Å². The number of carbonyl (C=O) groups is 2. The largest absolute Gasteiger partial charge is 0.486 e. The Bertz CT molecular complexity index is 869. The number of nitrogens with one attached hydrogen (secondary N) is 2. The van der Waals surface area contributed by atoms with E-state index in [1.807, 2.05) is 50.2 Å². The number of carbonyl (C=O) groups excluding carboxylic acids is 2. The van der Waals surface area contributed by atoms with E-state index in [2.05, 4.69) is 10.6 Å². The van der Waals surface area contributed by atoms with Gasteiger partial charge in [0.25, 0.3) is 0 Å². The summed E-state index contributed by atoms with van der Waals surface area (Å²) in [6.07, 6.45) is 0. The van der Waals surface area contributed by atoms with Crippen molar-refractivity contribution >= 4 is 29.4 Å². The lowest BCUT2D eigenvalue weighted by atomic mass is 10.1. The third-order valence-electron chi connectivity index (χ3n) is 4.06. The minimum atomic E-state index is -0.540. The molecule has 1 heterocycles. The lowest BCUT2D eigenvalue weighted by Crippen LogP contribution is -2.39. The van der Waals surface area contributed by atoms with Crippen LogP contribution in [0.3, 0.4) is 0 Å². The highest BCUT2D eigenvalue weighted by molar-refractivity contribution is 8.00. The Labute approximate surface area is 162 Å². The summed E-state index contributed by atoms with van der Waals surface area (Å²) in [6.45, 7) is 6.69. The molecule has 0 aliphatic carbocycles. The molecule has 27 heavy (non-hydrogen) atoms. The van der Waals surface area contributed by atoms with E-state index in [0.29, 0.717) is 30.4 Å². The van der Waals surface area contributed by atoms with Gasteiger partial charge in [-0.25, -0.2) is 4.79 Å². The summed E-state index contributed by atoms with van der Waals surface area (Å²) in [5.41, 5.74) is 2.73. The molecule has 1 aliphatic heterocycles. The van der Waals surface area contributed by atoms with Crippen LogP contribution in [0, 0.1) is 13.8 Å². The molecule has 1 aliphatic rings. The summed E-state index contributed by atoms with van der Waals surface area (Å²) in [4.78, 5) is 25.3. The van der Waals surface area contributed by atoms with Gasteiger partial charge in [-0.15, -0.1) is 11.8 Å². The van der Waals surface area contributed by atoms with Crippen LogP contribution in [0.2, 0.25) is 0 Å². The lowest BCUT2D eigenvalue weighted by molar-refractivity contribution is -0.119. The molecule has 0 spiro atoms. The molecule has 2 N–H and O–H groups in total. The number of thioether (sulfide) groups is 1. The van der Waals surface area contributed by atoms with E-state index < -0.39 is 11.3 Å². The van der Waals surface area contributed by atoms with E-state index in [-0.39, 0.29) is 5.91 Å². The molecule has 0 aromatic heterocycles. The number of benzene rings is 2. The fourth-order valence-corrected chi connectivity index (χ4v) is 3.57. The number of aryl methyl sites for hydroxylation is 2. The standard InChI is InChI=1S/C20H22N2O4S/c1-12-4-6-16(13(2)10-12)21-20(24)22-19(23)14(3)27-15-5-7-17-18(11-15)26-9-8-25-17/h4-7,10-11,14H,8-9H2,1-3H3,(H2,21,22,23,24)/t14-/m0/s1. The number of hydrogen-bond donors (Lipinski definition) is 2. The van der Waals surface area contributed by atoms with Gasteiger partial charge in [-0.2, -0.15) is 0 Å². The molecule has 0 fully saturated rings. The van der Waals surface area contributed by atoms with E-state index in [4.69, 9.17) is 9.47 Å². The molecule has 6 nitrogen and oxygen atoms in total. The zero-order valence-electron chi connectivity index (χ0n) is 15.5. The number of anilines is 1. The molecule has 0 saturated carbocycles. The minimum absolute atomic E-state index is 0.364. The van der Waals surface area contributed by atoms with Crippen LogP contribution >= 0.6 is 11.8 Å². The summed E-state index contributed by atoms with van der Waals surface area (Å²) in [6, 6.07) is 10.7. The predicted octanol–water partition coefficient (Wildman–Crippen LogP) is 3.90. The number of fused-ring (bicyclic) bond motifs is 1. The molecule has 0 unspecified atom stereocenters. The minimum Gasteiger partial charge on any atom is -0.486 e. The van der Waals surface area contributed by atoms with Gasteiger partial charge >= 0.3 is 6.03 Å². The number of urea groups is 1. The quantitative estimate of drug-likeness (QED) is 0.780. The molecule has 3 rings (SSSR count). The normalized spacial score (nSPS) is 13.6. The zero-order valence-corrected chi connectivity index (χ0v) is 16.3. The van der Waals surface area contributed by atoms with Crippen molar-refractivity contribution in [2.75, 3.05) is 18.5 Å². The maximum atomic E-state index is 12.3. The van der Waals surface area contributed by atoms with Gasteiger partial charge < -0.3 is 14.8 Å². The van der Waals surface area contributed by atoms with E-state index in [1.54, 1.807) is 6.92 Å². The Morgan fingerprint density at radius 1 is 1.04 bits per heavy atom. The SMILES string of the molecule is Cc1ccc(NC(=O)NC(=O)[C@H](C)Sc2ccc3c(c2)OCCO3)c(C)c1. The summed E-state index contributed by atoms with van der Waals surface area (Å²) in [5, 5.41) is 4.65. The molecule has 1 atom stereocenters. The van der Waals surface area contributed by atoms with Crippen molar-refractivity contribution in [3.05, 3.63) is 47.5 Å². The van der Waals surface area contributed by atoms with Crippen LogP contribution in [0.1, 0.15) is 18.1 Å². The first kappa shape index (κ1) is 19.1. The molecule has 142 valence electrons. The van der Waals surface area contributed by atoms with Gasteiger partial charge in [-0.3, -0.25) is 10.1 Å². The number of imide groups is 1. The van der Waals surface area contributed by atoms with Crippen molar-refractivity contribution in [3.63, 3.8) is 0 Å². The highest BCUT2D eigenvalue weighted by Crippen LogP contribution is 2.35. The van der Waals surface area contributed by atoms with Gasteiger partial charge in [0.05, 0.1) is 5.25 Å². The summed E-state index contributed by atoms with van der Waals surface area (Å²) < 4.78 is 11.0. The molecule has 0 radical (unpaired) electrons. The van der Waals surface area contributed by atoms with Crippen LogP contribution in [0.4, 0.5) is 10.5 Å². The van der Waals surface area contributed by atoms with E-state index in [0.717, 1.165) is 16.0 Å². The average Bonchev–Trinajstić information content (AvgIpc) is 2.64. The third kappa shape index (κ3) is 4.95. The predicted molar refractivity (Wildman–Crippen MR) is 106 cm³/mol. The second-order valence-electron chi connectivity index (χ2n) is 6.33. The Kier molecular flexibility index (Phi) is 5.91. The fraction of sp³-hybridized carbons (Fsp3) is 0.300. The Hall–Kier alpha value is -2.67. The lowest BCUT2D eigenvalue weighted by Gasteiger charge is -2.19. The molecular weight excluding hydrogens is 364 g/mol. The van der Waals surface area contributed by atoms with Crippen LogP contribution < -0.4 is 20.1 Å². The number of hydrogen-bond acceptors (Lipinski definition) is 5. The first-order valence-corrected chi connectivity index (χ1v) is 9.56. The smallest absolute Gasteiger partial charge is 0.325 e. The maximum absolute atomic E-state index is 12.3. The van der Waals surface area contributed by atoms with Crippen LogP contribution in [-0.2, 0) is 4.79 Å². The summed E-state index contributed by atoms with van der Waals surface area (Å²) >= 11 is 1.35. The third-order valence-corrected chi connectivity index (χ3v) is 5.16. The van der Waals surface area contributed by atoms with Gasteiger partial charge in [0, 0.05) is 10.6 Å². The Morgan fingerprint density at radius 3 is 2.52 bits per heavy atom. The topological polar surface area (TPSA) is 76.7 Å². The summed E-state index contributed by atoms with van der Waals surface area (Å²) in [5.74, 6) is 1.01. The number of amides is 3. The fourth-order valence-electron chi connectivity index (χ4n) is 2.68. The van der Waals surface area contributed by atoms with Crippen LogP contribution in [0.5, 0.6) is 11.5 Å². The monoisotopic (exact) mass is 386 g/mol. The van der Waals surface area contributed by atoms with E-state index >= 15 is 0 Å². The van der Waals surface area contributed by atoms with Crippen molar-refractivity contribution in [2.24, 2.45) is 0 Å². The van der Waals surface area contributed by atoms with Gasteiger partial charge in [-0.05, 0) is 50.6 Å². The first-order chi connectivity index (χ1) is 12.9. The van der Waals surface area contributed by atoms with Crippen LogP contribution in [0.25, 0.3) is 0 Å².